The quantitative estimate of drug-likeness (QED) is 0.929. The predicted octanol–water partition coefficient (Wildman–Crippen LogP) is 2.39. The molecular weight excluding hydrogens is 294 g/mol. The summed E-state index contributed by atoms with van der Waals surface area (Å²) in [5.74, 6) is -1.77. The van der Waals surface area contributed by atoms with Gasteiger partial charge in [-0.3, -0.25) is 9.59 Å². The summed E-state index contributed by atoms with van der Waals surface area (Å²) in [7, 11) is 0. The first-order chi connectivity index (χ1) is 11.0. The number of morpholine rings is 1. The minimum atomic E-state index is -0.856. The van der Waals surface area contributed by atoms with E-state index in [-0.39, 0.29) is 24.0 Å². The summed E-state index contributed by atoms with van der Waals surface area (Å²) < 4.78 is 5.93. The zero-order valence-electron chi connectivity index (χ0n) is 13.6. The second-order valence-electron chi connectivity index (χ2n) is 6.65. The average molecular weight is 317 g/mol. The first kappa shape index (κ1) is 16.0. The Bertz CT molecular complexity index is 615. The van der Waals surface area contributed by atoms with E-state index in [4.69, 9.17) is 4.74 Å². The van der Waals surface area contributed by atoms with Gasteiger partial charge in [0.05, 0.1) is 31.0 Å². The summed E-state index contributed by atoms with van der Waals surface area (Å²) in [6, 6.07) is 8.01. The van der Waals surface area contributed by atoms with Crippen molar-refractivity contribution in [3.05, 3.63) is 35.4 Å². The Balaban J connectivity index is 1.75. The van der Waals surface area contributed by atoms with Crippen LogP contribution in [0.2, 0.25) is 0 Å². The van der Waals surface area contributed by atoms with Crippen LogP contribution in [-0.4, -0.2) is 41.1 Å². The van der Waals surface area contributed by atoms with Crippen molar-refractivity contribution in [3.63, 3.8) is 0 Å². The Morgan fingerprint density at radius 2 is 1.91 bits per heavy atom. The summed E-state index contributed by atoms with van der Waals surface area (Å²) in [6.07, 6.45) is 1.14. The van der Waals surface area contributed by atoms with E-state index in [1.807, 2.05) is 43.0 Å². The van der Waals surface area contributed by atoms with Crippen LogP contribution < -0.4 is 0 Å². The zero-order valence-corrected chi connectivity index (χ0v) is 13.6. The second-order valence-corrected chi connectivity index (χ2v) is 6.65. The molecule has 0 radical (unpaired) electrons. The molecule has 2 aliphatic rings. The standard InChI is InChI=1S/C18H23NO4/c1-11-5-3-4-6-13(11)16-9-19(12(2)10-23-16)17(20)14-7-8-15(14)18(21)22/h3-6,12,14-16H,7-10H2,1-2H3,(H,21,22). The number of carbonyl (C=O) groups is 2. The van der Waals surface area contributed by atoms with E-state index in [1.54, 1.807) is 0 Å². The van der Waals surface area contributed by atoms with Crippen molar-refractivity contribution in [1.29, 1.82) is 0 Å². The van der Waals surface area contributed by atoms with Gasteiger partial charge in [0.15, 0.2) is 0 Å². The fraction of sp³-hybridized carbons (Fsp3) is 0.556. The normalized spacial score (nSPS) is 30.6. The number of rotatable bonds is 3. The molecule has 1 heterocycles. The number of hydrogen-bond donors (Lipinski definition) is 1. The summed E-state index contributed by atoms with van der Waals surface area (Å²) in [5.41, 5.74) is 2.24. The third kappa shape index (κ3) is 2.98. The minimum Gasteiger partial charge on any atom is -0.481 e. The van der Waals surface area contributed by atoms with Gasteiger partial charge < -0.3 is 14.7 Å². The van der Waals surface area contributed by atoms with Crippen molar-refractivity contribution in [2.24, 2.45) is 11.8 Å². The summed E-state index contributed by atoms with van der Waals surface area (Å²) in [4.78, 5) is 25.8. The van der Waals surface area contributed by atoms with Gasteiger partial charge in [-0.1, -0.05) is 24.3 Å². The molecule has 1 aliphatic heterocycles. The van der Waals surface area contributed by atoms with Crippen LogP contribution in [0.3, 0.4) is 0 Å². The van der Waals surface area contributed by atoms with Crippen molar-refractivity contribution in [2.75, 3.05) is 13.2 Å². The number of nitrogens with zero attached hydrogens (tertiary/aromatic N) is 1. The lowest BCUT2D eigenvalue weighted by atomic mass is 9.72. The summed E-state index contributed by atoms with van der Waals surface area (Å²) in [6.45, 7) is 4.97. The Labute approximate surface area is 136 Å². The molecule has 23 heavy (non-hydrogen) atoms. The molecule has 1 saturated heterocycles. The van der Waals surface area contributed by atoms with E-state index in [0.29, 0.717) is 26.0 Å². The van der Waals surface area contributed by atoms with E-state index >= 15 is 0 Å². The van der Waals surface area contributed by atoms with Crippen molar-refractivity contribution in [3.8, 4) is 0 Å². The monoisotopic (exact) mass is 317 g/mol. The Morgan fingerprint density at radius 1 is 1.22 bits per heavy atom. The lowest BCUT2D eigenvalue weighted by Crippen LogP contribution is -2.54. The van der Waals surface area contributed by atoms with Gasteiger partial charge >= 0.3 is 5.97 Å². The van der Waals surface area contributed by atoms with E-state index in [2.05, 4.69) is 0 Å². The van der Waals surface area contributed by atoms with Crippen LogP contribution in [-0.2, 0) is 14.3 Å². The lowest BCUT2D eigenvalue weighted by Gasteiger charge is -2.43. The van der Waals surface area contributed by atoms with Crippen molar-refractivity contribution in [2.45, 2.75) is 38.8 Å². The van der Waals surface area contributed by atoms with Crippen LogP contribution in [0.15, 0.2) is 24.3 Å². The highest BCUT2D eigenvalue weighted by atomic mass is 16.5. The molecule has 0 bridgehead atoms. The molecule has 1 aliphatic carbocycles. The smallest absolute Gasteiger partial charge is 0.307 e. The number of hydrogen-bond acceptors (Lipinski definition) is 3. The van der Waals surface area contributed by atoms with Crippen LogP contribution in [0, 0.1) is 18.8 Å². The van der Waals surface area contributed by atoms with Gasteiger partial charge in [-0.05, 0) is 37.8 Å². The van der Waals surface area contributed by atoms with Crippen LogP contribution in [0.5, 0.6) is 0 Å². The molecule has 124 valence electrons. The van der Waals surface area contributed by atoms with Gasteiger partial charge in [0, 0.05) is 0 Å². The highest BCUT2D eigenvalue weighted by Crippen LogP contribution is 2.38. The van der Waals surface area contributed by atoms with Gasteiger partial charge in [0.25, 0.3) is 0 Å². The maximum atomic E-state index is 12.8. The average Bonchev–Trinajstić information content (AvgIpc) is 2.46. The summed E-state index contributed by atoms with van der Waals surface area (Å²) in [5, 5.41) is 9.19. The first-order valence-electron chi connectivity index (χ1n) is 8.19. The molecule has 4 atom stereocenters. The maximum absolute atomic E-state index is 12.8. The van der Waals surface area contributed by atoms with Crippen molar-refractivity contribution in [1.82, 2.24) is 4.90 Å². The second kappa shape index (κ2) is 6.32. The van der Waals surface area contributed by atoms with Gasteiger partial charge in [-0.2, -0.15) is 0 Å². The molecule has 1 saturated carbocycles. The summed E-state index contributed by atoms with van der Waals surface area (Å²) >= 11 is 0. The topological polar surface area (TPSA) is 66.8 Å². The number of aliphatic carboxylic acids is 1. The van der Waals surface area contributed by atoms with Gasteiger partial charge in [0.1, 0.15) is 6.10 Å². The van der Waals surface area contributed by atoms with Crippen LogP contribution in [0.4, 0.5) is 0 Å². The fourth-order valence-corrected chi connectivity index (χ4v) is 3.50. The Morgan fingerprint density at radius 3 is 2.52 bits per heavy atom. The third-order valence-corrected chi connectivity index (χ3v) is 5.16. The van der Waals surface area contributed by atoms with Gasteiger partial charge in [-0.25, -0.2) is 0 Å². The fourth-order valence-electron chi connectivity index (χ4n) is 3.50. The molecule has 1 aromatic carbocycles. The van der Waals surface area contributed by atoms with Gasteiger partial charge in [-0.15, -0.1) is 0 Å². The predicted molar refractivity (Wildman–Crippen MR) is 84.9 cm³/mol. The molecule has 1 aromatic rings. The Hall–Kier alpha value is -1.88. The maximum Gasteiger partial charge on any atom is 0.307 e. The molecular formula is C18H23NO4. The number of carboxylic acid groups (broad SMARTS) is 1. The van der Waals surface area contributed by atoms with E-state index in [0.717, 1.165) is 11.1 Å². The van der Waals surface area contributed by atoms with E-state index in [1.165, 1.54) is 0 Å². The van der Waals surface area contributed by atoms with Crippen molar-refractivity contribution < 1.29 is 19.4 Å². The third-order valence-electron chi connectivity index (χ3n) is 5.16. The van der Waals surface area contributed by atoms with Crippen molar-refractivity contribution >= 4 is 11.9 Å². The molecule has 3 rings (SSSR count). The van der Waals surface area contributed by atoms with Crippen LogP contribution in [0.25, 0.3) is 0 Å². The molecule has 1 N–H and O–H groups in total. The SMILES string of the molecule is Cc1ccccc1C1CN(C(=O)C2CCC2C(=O)O)C(C)CO1. The highest BCUT2D eigenvalue weighted by Gasteiger charge is 2.45. The molecule has 5 heteroatoms. The molecule has 0 aromatic heterocycles. The minimum absolute atomic E-state index is 0.0159. The van der Waals surface area contributed by atoms with Crippen LogP contribution in [0.1, 0.15) is 37.0 Å². The number of carbonyl (C=O) groups excluding carboxylic acids is 1. The van der Waals surface area contributed by atoms with E-state index < -0.39 is 11.9 Å². The molecule has 5 nitrogen and oxygen atoms in total. The Kier molecular flexibility index (Phi) is 4.39. The molecule has 0 spiro atoms. The molecule has 1 amide bonds. The van der Waals surface area contributed by atoms with E-state index in [9.17, 15) is 14.7 Å². The first-order valence-corrected chi connectivity index (χ1v) is 8.19. The number of benzene rings is 1. The number of ether oxygens (including phenoxy) is 1. The molecule has 2 fully saturated rings. The number of amides is 1. The highest BCUT2D eigenvalue weighted by molar-refractivity contribution is 5.86. The van der Waals surface area contributed by atoms with Gasteiger partial charge in [0.2, 0.25) is 5.91 Å². The zero-order chi connectivity index (χ0) is 16.6. The van der Waals surface area contributed by atoms with Crippen LogP contribution >= 0.6 is 0 Å². The number of carboxylic acids is 1. The lowest BCUT2D eigenvalue weighted by molar-refractivity contribution is -0.163. The number of aryl methyl sites for hydroxylation is 1. The molecule has 4 unspecified atom stereocenters. The largest absolute Gasteiger partial charge is 0.481 e.